The van der Waals surface area contributed by atoms with Crippen LogP contribution in [-0.4, -0.2) is 108 Å². The number of amides is 3. The minimum absolute atomic E-state index is 0.0212. The second kappa shape index (κ2) is 19.8. The maximum atomic E-state index is 14.1. The molecule has 0 saturated carbocycles. The van der Waals surface area contributed by atoms with Gasteiger partial charge in [-0.15, -0.1) is 11.3 Å². The summed E-state index contributed by atoms with van der Waals surface area (Å²) in [6, 6.07) is 9.52. The first-order valence-corrected chi connectivity index (χ1v) is 22.0. The molecule has 2 fully saturated rings. The molecule has 2 aliphatic rings. The van der Waals surface area contributed by atoms with Gasteiger partial charge in [-0.25, -0.2) is 10.4 Å². The van der Waals surface area contributed by atoms with Crippen molar-refractivity contribution in [2.45, 2.75) is 98.4 Å². The first-order chi connectivity index (χ1) is 28.8. The highest BCUT2D eigenvalue weighted by Crippen LogP contribution is 2.42. The Kier molecular flexibility index (Phi) is 14.8. The number of carbonyl (C=O) groups excluding carboxylic acids is 4. The zero-order valence-corrected chi connectivity index (χ0v) is 37.1. The Morgan fingerprint density at radius 3 is 2.57 bits per heavy atom. The number of rotatable bonds is 19. The van der Waals surface area contributed by atoms with Crippen LogP contribution in [0.4, 0.5) is 0 Å². The topological polar surface area (TPSA) is 157 Å². The van der Waals surface area contributed by atoms with E-state index in [1.54, 1.807) is 30.3 Å². The van der Waals surface area contributed by atoms with Gasteiger partial charge in [0.15, 0.2) is 0 Å². The van der Waals surface area contributed by atoms with E-state index in [2.05, 4.69) is 60.3 Å². The zero-order chi connectivity index (χ0) is 43.1. The van der Waals surface area contributed by atoms with Crippen molar-refractivity contribution in [2.75, 3.05) is 47.0 Å². The van der Waals surface area contributed by atoms with Crippen LogP contribution in [0.5, 0.6) is 0 Å². The lowest BCUT2D eigenvalue weighted by Crippen LogP contribution is -2.57. The van der Waals surface area contributed by atoms with Crippen LogP contribution in [0, 0.1) is 17.3 Å². The molecule has 3 amide bonds. The molecule has 0 bridgehead atoms. The molecule has 3 unspecified atom stereocenters. The van der Waals surface area contributed by atoms with Crippen LogP contribution < -0.4 is 10.7 Å². The highest BCUT2D eigenvalue weighted by molar-refractivity contribution is 7.10. The number of thiazole rings is 1. The van der Waals surface area contributed by atoms with E-state index in [1.165, 1.54) is 11.3 Å². The predicted molar refractivity (Wildman–Crippen MR) is 232 cm³/mol. The second-order valence-corrected chi connectivity index (χ2v) is 18.0. The Balaban J connectivity index is 1.33. The van der Waals surface area contributed by atoms with Crippen LogP contribution in [0.25, 0.3) is 33.4 Å². The van der Waals surface area contributed by atoms with Crippen molar-refractivity contribution in [3.8, 4) is 22.5 Å². The monoisotopic (exact) mass is 843 g/mol. The van der Waals surface area contributed by atoms with Gasteiger partial charge < -0.3 is 29.0 Å². The number of nitrogens with one attached hydrogen (secondary N) is 2. The number of ether oxygens (including phenoxy) is 3. The number of benzene rings is 1. The number of aromatic nitrogens is 3. The molecule has 5 heterocycles. The number of fused-ring (bicyclic) bond motifs is 1. The van der Waals surface area contributed by atoms with E-state index in [0.717, 1.165) is 57.5 Å². The summed E-state index contributed by atoms with van der Waals surface area (Å²) in [4.78, 5) is 64.0. The summed E-state index contributed by atoms with van der Waals surface area (Å²) < 4.78 is 18.7. The van der Waals surface area contributed by atoms with E-state index in [0.29, 0.717) is 50.6 Å². The van der Waals surface area contributed by atoms with Crippen LogP contribution >= 0.6 is 11.3 Å². The quantitative estimate of drug-likeness (QED) is 0.108. The molecule has 60 heavy (non-hydrogen) atoms. The van der Waals surface area contributed by atoms with Gasteiger partial charge in [0.2, 0.25) is 11.8 Å². The minimum Gasteiger partial charge on any atom is -0.467 e. The predicted octanol–water partition coefficient (Wildman–Crippen LogP) is 5.97. The van der Waals surface area contributed by atoms with E-state index < -0.39 is 12.0 Å². The van der Waals surface area contributed by atoms with Gasteiger partial charge in [-0.3, -0.25) is 29.2 Å². The van der Waals surface area contributed by atoms with Crippen molar-refractivity contribution in [1.29, 1.82) is 0 Å². The molecule has 15 heteroatoms. The van der Waals surface area contributed by atoms with Crippen molar-refractivity contribution < 1.29 is 33.4 Å². The Labute approximate surface area is 357 Å². The highest BCUT2D eigenvalue weighted by atomic mass is 32.1. The van der Waals surface area contributed by atoms with Crippen LogP contribution in [0.2, 0.25) is 0 Å². The average molecular weight is 844 g/mol. The molecule has 2 aliphatic heterocycles. The van der Waals surface area contributed by atoms with E-state index in [-0.39, 0.29) is 60.7 Å². The SMILES string of the molecule is CCn1c(-c2cccnc2C(C)OC)c(CC(C)(C)COC=O)c2cc(-c3csc(CC(NC(=O)C(CC(=O)N4CC(OC)C4)C(C)C)C(=O)N4CCCCN4)n3)ccc21. The van der Waals surface area contributed by atoms with Crippen LogP contribution in [0.1, 0.15) is 83.2 Å². The molecule has 1 aromatic carbocycles. The number of hydrazine groups is 1. The number of likely N-dealkylation sites (tertiary alicyclic amines) is 1. The van der Waals surface area contributed by atoms with Crippen molar-refractivity contribution in [3.63, 3.8) is 0 Å². The normalized spacial score (nSPS) is 16.4. The maximum absolute atomic E-state index is 14.1. The molecule has 6 rings (SSSR count). The van der Waals surface area contributed by atoms with Crippen LogP contribution in [0.15, 0.2) is 41.9 Å². The van der Waals surface area contributed by atoms with E-state index in [4.69, 9.17) is 24.2 Å². The molecule has 3 aromatic heterocycles. The first kappa shape index (κ1) is 44.8. The van der Waals surface area contributed by atoms with E-state index >= 15 is 0 Å². The number of aryl methyl sites for hydroxylation is 1. The van der Waals surface area contributed by atoms with Gasteiger partial charge in [0.05, 0.1) is 40.9 Å². The molecular formula is C45H61N7O7S. The molecule has 0 spiro atoms. The number of carbonyl (C=O) groups is 4. The molecular weight excluding hydrogens is 783 g/mol. The summed E-state index contributed by atoms with van der Waals surface area (Å²) in [5.74, 6) is -1.36. The number of nitrogens with zero attached hydrogens (tertiary/aromatic N) is 5. The molecule has 0 radical (unpaired) electrons. The summed E-state index contributed by atoms with van der Waals surface area (Å²) in [5, 5.41) is 8.42. The largest absolute Gasteiger partial charge is 0.467 e. The fourth-order valence-corrected chi connectivity index (χ4v) is 9.09. The Hall–Kier alpha value is -4.70. The summed E-state index contributed by atoms with van der Waals surface area (Å²) in [7, 11) is 3.31. The lowest BCUT2D eigenvalue weighted by Gasteiger charge is -2.39. The molecule has 324 valence electrons. The summed E-state index contributed by atoms with van der Waals surface area (Å²) in [5.41, 5.74) is 9.51. The molecule has 3 atom stereocenters. The van der Waals surface area contributed by atoms with Crippen LogP contribution in [0.3, 0.4) is 0 Å². The summed E-state index contributed by atoms with van der Waals surface area (Å²) >= 11 is 1.45. The van der Waals surface area contributed by atoms with Crippen molar-refractivity contribution >= 4 is 46.4 Å². The van der Waals surface area contributed by atoms with Crippen LogP contribution in [-0.2, 0) is 52.8 Å². The number of hydrogen-bond acceptors (Lipinski definition) is 11. The van der Waals surface area contributed by atoms with Gasteiger partial charge >= 0.3 is 0 Å². The third-order valence-corrected chi connectivity index (χ3v) is 12.7. The summed E-state index contributed by atoms with van der Waals surface area (Å²) in [6.45, 7) is 15.9. The molecule has 2 saturated heterocycles. The van der Waals surface area contributed by atoms with Gasteiger partial charge in [-0.05, 0) is 68.9 Å². The van der Waals surface area contributed by atoms with Gasteiger partial charge in [0, 0.05) is 105 Å². The lowest BCUT2D eigenvalue weighted by molar-refractivity contribution is -0.147. The third kappa shape index (κ3) is 10.1. The molecule has 4 aromatic rings. The third-order valence-electron chi connectivity index (χ3n) is 11.8. The van der Waals surface area contributed by atoms with Crippen molar-refractivity contribution in [1.82, 2.24) is 35.2 Å². The fraction of sp³-hybridized carbons (Fsp3) is 0.556. The van der Waals surface area contributed by atoms with E-state index in [1.807, 2.05) is 32.2 Å². The molecule has 0 aliphatic carbocycles. The summed E-state index contributed by atoms with van der Waals surface area (Å²) in [6.07, 6.45) is 4.26. The van der Waals surface area contributed by atoms with Gasteiger partial charge in [-0.1, -0.05) is 33.8 Å². The fourth-order valence-electron chi connectivity index (χ4n) is 8.24. The average Bonchev–Trinajstić information content (AvgIpc) is 3.82. The number of methoxy groups -OCH3 is 2. The van der Waals surface area contributed by atoms with E-state index in [9.17, 15) is 19.2 Å². The van der Waals surface area contributed by atoms with Gasteiger partial charge in [0.25, 0.3) is 12.4 Å². The molecule has 2 N–H and O–H groups in total. The number of hydrogen-bond donors (Lipinski definition) is 2. The van der Waals surface area contributed by atoms with Crippen molar-refractivity contribution in [2.24, 2.45) is 17.3 Å². The smallest absolute Gasteiger partial charge is 0.293 e. The Morgan fingerprint density at radius 2 is 1.90 bits per heavy atom. The van der Waals surface area contributed by atoms with Crippen molar-refractivity contribution in [3.05, 3.63) is 58.2 Å². The van der Waals surface area contributed by atoms with Gasteiger partial charge in [-0.2, -0.15) is 0 Å². The van der Waals surface area contributed by atoms with Gasteiger partial charge in [0.1, 0.15) is 6.04 Å². The number of pyridine rings is 1. The second-order valence-electron chi connectivity index (χ2n) is 17.1. The lowest BCUT2D eigenvalue weighted by atomic mass is 9.84. The zero-order valence-electron chi connectivity index (χ0n) is 36.3. The molecule has 14 nitrogen and oxygen atoms in total. The standard InChI is InChI=1S/C45H61N7O7S/c1-9-51-38-15-14-30(19-34(38)35(22-45(5,6)26-59-27-53)42(51)32-13-12-16-46-41(32)29(4)57-7)37-25-60-39(48-37)21-36(44(56)52-18-11-10-17-47-52)49-43(55)33(28(2)3)20-40(54)50-23-31(24-50)58-8/h12-16,19,25,27-29,31,33,36,47H,9-11,17-18,20-24,26H2,1-8H3,(H,49,55). The highest BCUT2D eigenvalue weighted by Gasteiger charge is 2.37. The Morgan fingerprint density at radius 1 is 1.12 bits per heavy atom. The minimum atomic E-state index is -0.880. The first-order valence-electron chi connectivity index (χ1n) is 21.1. The maximum Gasteiger partial charge on any atom is 0.293 e. The Bertz CT molecular complexity index is 2140.